The maximum atomic E-state index is 5.00. The van der Waals surface area contributed by atoms with Crippen LogP contribution in [0.15, 0.2) is 72.0 Å². The van der Waals surface area contributed by atoms with Gasteiger partial charge in [-0.3, -0.25) is 4.90 Å². The van der Waals surface area contributed by atoms with Gasteiger partial charge < -0.3 is 0 Å². The van der Waals surface area contributed by atoms with Crippen molar-refractivity contribution in [3.05, 3.63) is 72.4 Å². The van der Waals surface area contributed by atoms with Gasteiger partial charge in [0.15, 0.2) is 10.8 Å². The predicted octanol–water partition coefficient (Wildman–Crippen LogP) is 6.07. The molecule has 2 aromatic carbocycles. The standard InChI is InChI=1S/C26H26N4S/c1-31-26-27-17-22-16-23(20-8-4-2-5-9-20)24(28-25(22)29-26)21-12-10-19(11-13-21)18-30-14-6-3-7-15-30/h2,4-5,8-13,16-17H,3,6-7,14-15,18H2,1H3. The Bertz CT molecular complexity index is 1170. The molecule has 4 aromatic rings. The van der Waals surface area contributed by atoms with Gasteiger partial charge in [0.2, 0.25) is 0 Å². The number of hydrogen-bond donors (Lipinski definition) is 0. The molecule has 1 fully saturated rings. The molecule has 2 aromatic heterocycles. The summed E-state index contributed by atoms with van der Waals surface area (Å²) in [6.45, 7) is 3.45. The first-order valence-corrected chi connectivity index (χ1v) is 12.1. The molecule has 5 heteroatoms. The smallest absolute Gasteiger partial charge is 0.189 e. The number of fused-ring (bicyclic) bond motifs is 1. The van der Waals surface area contributed by atoms with Crippen molar-refractivity contribution in [1.29, 1.82) is 0 Å². The van der Waals surface area contributed by atoms with E-state index >= 15 is 0 Å². The molecular formula is C26H26N4S. The number of piperidine rings is 1. The molecular weight excluding hydrogens is 400 g/mol. The van der Waals surface area contributed by atoms with Crippen LogP contribution in [-0.2, 0) is 6.54 Å². The van der Waals surface area contributed by atoms with Crippen LogP contribution in [0.5, 0.6) is 0 Å². The Hall–Kier alpha value is -2.76. The summed E-state index contributed by atoms with van der Waals surface area (Å²) < 4.78 is 0. The average molecular weight is 427 g/mol. The van der Waals surface area contributed by atoms with Crippen molar-refractivity contribution in [1.82, 2.24) is 19.9 Å². The van der Waals surface area contributed by atoms with Crippen molar-refractivity contribution < 1.29 is 0 Å². The minimum absolute atomic E-state index is 0.742. The largest absolute Gasteiger partial charge is 0.299 e. The van der Waals surface area contributed by atoms with E-state index in [4.69, 9.17) is 4.98 Å². The fraction of sp³-hybridized carbons (Fsp3) is 0.269. The summed E-state index contributed by atoms with van der Waals surface area (Å²) in [4.78, 5) is 16.6. The number of likely N-dealkylation sites (tertiary alicyclic amines) is 1. The van der Waals surface area contributed by atoms with E-state index in [0.717, 1.165) is 45.1 Å². The first-order valence-electron chi connectivity index (χ1n) is 10.9. The number of benzene rings is 2. The van der Waals surface area contributed by atoms with E-state index in [1.807, 2.05) is 18.5 Å². The van der Waals surface area contributed by atoms with Crippen LogP contribution in [0.3, 0.4) is 0 Å². The molecule has 0 amide bonds. The monoisotopic (exact) mass is 426 g/mol. The molecule has 31 heavy (non-hydrogen) atoms. The minimum atomic E-state index is 0.742. The Morgan fingerprint density at radius 1 is 0.871 bits per heavy atom. The van der Waals surface area contributed by atoms with Crippen LogP contribution in [0.1, 0.15) is 24.8 Å². The topological polar surface area (TPSA) is 41.9 Å². The molecule has 5 rings (SSSR count). The van der Waals surface area contributed by atoms with Gasteiger partial charge in [0.25, 0.3) is 0 Å². The number of hydrogen-bond acceptors (Lipinski definition) is 5. The lowest BCUT2D eigenvalue weighted by molar-refractivity contribution is 0.221. The van der Waals surface area contributed by atoms with Crippen molar-refractivity contribution in [3.63, 3.8) is 0 Å². The number of aromatic nitrogens is 3. The third-order valence-corrected chi connectivity index (χ3v) is 6.46. The van der Waals surface area contributed by atoms with Crippen LogP contribution in [0, 0.1) is 0 Å². The molecule has 1 saturated heterocycles. The van der Waals surface area contributed by atoms with Crippen molar-refractivity contribution in [2.75, 3.05) is 19.3 Å². The lowest BCUT2D eigenvalue weighted by atomic mass is 9.97. The molecule has 0 bridgehead atoms. The summed E-state index contributed by atoms with van der Waals surface area (Å²) in [5, 5.41) is 1.71. The number of pyridine rings is 1. The minimum Gasteiger partial charge on any atom is -0.299 e. The highest BCUT2D eigenvalue weighted by Gasteiger charge is 2.14. The van der Waals surface area contributed by atoms with E-state index in [1.54, 1.807) is 0 Å². The summed E-state index contributed by atoms with van der Waals surface area (Å²) in [5.74, 6) is 0. The van der Waals surface area contributed by atoms with Gasteiger partial charge in [0.05, 0.1) is 5.69 Å². The quantitative estimate of drug-likeness (QED) is 0.286. The highest BCUT2D eigenvalue weighted by atomic mass is 32.2. The number of nitrogens with zero attached hydrogens (tertiary/aromatic N) is 4. The van der Waals surface area contributed by atoms with Crippen LogP contribution in [0.4, 0.5) is 0 Å². The van der Waals surface area contributed by atoms with Gasteiger partial charge in [-0.05, 0) is 49.4 Å². The summed E-state index contributed by atoms with van der Waals surface area (Å²) in [6.07, 6.45) is 7.87. The predicted molar refractivity (Wildman–Crippen MR) is 129 cm³/mol. The van der Waals surface area contributed by atoms with Crippen LogP contribution in [0.25, 0.3) is 33.4 Å². The van der Waals surface area contributed by atoms with Crippen molar-refractivity contribution in [2.24, 2.45) is 0 Å². The summed E-state index contributed by atoms with van der Waals surface area (Å²) in [6, 6.07) is 21.5. The van der Waals surface area contributed by atoms with Crippen LogP contribution < -0.4 is 0 Å². The molecule has 0 spiro atoms. The Labute approximate surface area is 187 Å². The Morgan fingerprint density at radius 2 is 1.65 bits per heavy atom. The van der Waals surface area contributed by atoms with Crippen LogP contribution in [0.2, 0.25) is 0 Å². The van der Waals surface area contributed by atoms with Crippen molar-refractivity contribution >= 4 is 22.8 Å². The van der Waals surface area contributed by atoms with E-state index in [-0.39, 0.29) is 0 Å². The fourth-order valence-corrected chi connectivity index (χ4v) is 4.58. The molecule has 0 N–H and O–H groups in total. The molecule has 3 heterocycles. The summed E-state index contributed by atoms with van der Waals surface area (Å²) in [5.41, 5.74) is 6.45. The van der Waals surface area contributed by atoms with Crippen molar-refractivity contribution in [3.8, 4) is 22.4 Å². The first-order chi connectivity index (χ1) is 15.3. The second kappa shape index (κ2) is 9.16. The molecule has 0 atom stereocenters. The van der Waals surface area contributed by atoms with Gasteiger partial charge in [0, 0.05) is 29.3 Å². The Balaban J connectivity index is 1.55. The van der Waals surface area contributed by atoms with Gasteiger partial charge in [-0.1, -0.05) is 72.8 Å². The van der Waals surface area contributed by atoms with Gasteiger partial charge in [0.1, 0.15) is 0 Å². The van der Waals surface area contributed by atoms with Crippen molar-refractivity contribution in [2.45, 2.75) is 31.0 Å². The van der Waals surface area contributed by atoms with E-state index < -0.39 is 0 Å². The number of thioether (sulfide) groups is 1. The number of rotatable bonds is 5. The second-order valence-corrected chi connectivity index (χ2v) is 8.83. The van der Waals surface area contributed by atoms with Gasteiger partial charge >= 0.3 is 0 Å². The Morgan fingerprint density at radius 3 is 2.39 bits per heavy atom. The SMILES string of the molecule is CSc1ncc2cc(-c3ccccc3)c(-c3ccc(CN4CCCCC4)cc3)nc2n1. The lowest BCUT2D eigenvalue weighted by Gasteiger charge is -2.26. The highest BCUT2D eigenvalue weighted by Crippen LogP contribution is 2.33. The van der Waals surface area contributed by atoms with Crippen LogP contribution in [-0.4, -0.2) is 39.2 Å². The van der Waals surface area contributed by atoms with E-state index in [9.17, 15) is 0 Å². The Kier molecular flexibility index (Phi) is 5.96. The highest BCUT2D eigenvalue weighted by molar-refractivity contribution is 7.98. The zero-order valence-corrected chi connectivity index (χ0v) is 18.6. The van der Waals surface area contributed by atoms with Crippen LogP contribution >= 0.6 is 11.8 Å². The molecule has 0 unspecified atom stereocenters. The average Bonchev–Trinajstić information content (AvgIpc) is 2.84. The molecule has 1 aliphatic heterocycles. The molecule has 156 valence electrons. The molecule has 0 aliphatic carbocycles. The zero-order chi connectivity index (χ0) is 21.0. The zero-order valence-electron chi connectivity index (χ0n) is 17.8. The first kappa shape index (κ1) is 20.2. The maximum Gasteiger partial charge on any atom is 0.189 e. The lowest BCUT2D eigenvalue weighted by Crippen LogP contribution is -2.28. The normalized spacial score (nSPS) is 14.7. The van der Waals surface area contributed by atoms with E-state index in [0.29, 0.717) is 0 Å². The van der Waals surface area contributed by atoms with Gasteiger partial charge in [-0.15, -0.1) is 0 Å². The maximum absolute atomic E-state index is 5.00. The molecule has 4 nitrogen and oxygen atoms in total. The second-order valence-electron chi connectivity index (χ2n) is 8.05. The molecule has 1 aliphatic rings. The third kappa shape index (κ3) is 4.48. The van der Waals surface area contributed by atoms with Gasteiger partial charge in [-0.25, -0.2) is 15.0 Å². The molecule has 0 saturated carbocycles. The summed E-state index contributed by atoms with van der Waals surface area (Å²) in [7, 11) is 0. The van der Waals surface area contributed by atoms with Gasteiger partial charge in [-0.2, -0.15) is 0 Å². The summed E-state index contributed by atoms with van der Waals surface area (Å²) >= 11 is 1.54. The third-order valence-electron chi connectivity index (χ3n) is 5.90. The van der Waals surface area contributed by atoms with E-state index in [2.05, 4.69) is 69.5 Å². The fourth-order valence-electron chi connectivity index (χ4n) is 4.25. The van der Waals surface area contributed by atoms with E-state index in [1.165, 1.54) is 49.7 Å². The molecule has 0 radical (unpaired) electrons.